The van der Waals surface area contributed by atoms with E-state index in [-0.39, 0.29) is 48.4 Å². The molecule has 2 aliphatic rings. The topological polar surface area (TPSA) is 95.6 Å². The van der Waals surface area contributed by atoms with Crippen molar-refractivity contribution in [3.63, 3.8) is 0 Å². The van der Waals surface area contributed by atoms with Gasteiger partial charge in [-0.15, -0.1) is 0 Å². The molecule has 1 saturated heterocycles. The number of benzene rings is 1. The maximum absolute atomic E-state index is 12.4. The number of anilines is 2. The Kier molecular flexibility index (Phi) is 5.35. The zero-order valence-electron chi connectivity index (χ0n) is 14.8. The minimum atomic E-state index is -0.257. The molecule has 4 amide bonds. The predicted octanol–water partition coefficient (Wildman–Crippen LogP) is 2.15. The highest BCUT2D eigenvalue weighted by molar-refractivity contribution is 6.05. The Morgan fingerprint density at radius 1 is 0.962 bits per heavy atom. The lowest BCUT2D eigenvalue weighted by Crippen LogP contribution is -2.34. The number of nitrogens with zero attached hydrogens (tertiary/aromatic N) is 1. The highest BCUT2D eigenvalue weighted by Gasteiger charge is 2.47. The lowest BCUT2D eigenvalue weighted by molar-refractivity contribution is -0.140. The van der Waals surface area contributed by atoms with E-state index in [0.29, 0.717) is 11.4 Å². The monoisotopic (exact) mass is 357 g/mol. The molecule has 1 aromatic rings. The van der Waals surface area contributed by atoms with Crippen molar-refractivity contribution in [2.24, 2.45) is 11.8 Å². The van der Waals surface area contributed by atoms with E-state index in [1.165, 1.54) is 11.8 Å². The van der Waals surface area contributed by atoms with Gasteiger partial charge in [0.1, 0.15) is 0 Å². The van der Waals surface area contributed by atoms with Gasteiger partial charge in [-0.05, 0) is 37.1 Å². The number of nitrogens with one attached hydrogen (secondary N) is 2. The Balaban J connectivity index is 1.52. The Morgan fingerprint density at radius 3 is 1.96 bits per heavy atom. The third-order valence-corrected chi connectivity index (χ3v) is 4.98. The molecule has 1 aromatic carbocycles. The first kappa shape index (κ1) is 18.1. The summed E-state index contributed by atoms with van der Waals surface area (Å²) in [5.74, 6) is -1.02. The molecule has 138 valence electrons. The Hall–Kier alpha value is -2.70. The lowest BCUT2D eigenvalue weighted by Gasteiger charge is -2.19. The number of fused-ring (bicyclic) bond motifs is 1. The smallest absolute Gasteiger partial charge is 0.233 e. The van der Waals surface area contributed by atoms with Crippen molar-refractivity contribution in [1.82, 2.24) is 4.90 Å². The molecule has 0 aromatic heterocycles. The molecule has 1 heterocycles. The van der Waals surface area contributed by atoms with Crippen LogP contribution in [0.1, 0.15) is 39.0 Å². The van der Waals surface area contributed by atoms with Crippen LogP contribution in [0.2, 0.25) is 0 Å². The van der Waals surface area contributed by atoms with E-state index in [9.17, 15) is 19.2 Å². The minimum absolute atomic E-state index is 0.0738. The van der Waals surface area contributed by atoms with Crippen molar-refractivity contribution >= 4 is 35.0 Å². The van der Waals surface area contributed by atoms with Gasteiger partial charge >= 0.3 is 0 Å². The lowest BCUT2D eigenvalue weighted by atomic mass is 9.81. The van der Waals surface area contributed by atoms with Crippen LogP contribution in [0.5, 0.6) is 0 Å². The summed E-state index contributed by atoms with van der Waals surface area (Å²) < 4.78 is 0. The quantitative estimate of drug-likeness (QED) is 0.789. The summed E-state index contributed by atoms with van der Waals surface area (Å²) in [5, 5.41) is 5.39. The van der Waals surface area contributed by atoms with Gasteiger partial charge in [-0.3, -0.25) is 24.1 Å². The van der Waals surface area contributed by atoms with Crippen LogP contribution in [0.4, 0.5) is 11.4 Å². The fourth-order valence-electron chi connectivity index (χ4n) is 3.73. The predicted molar refractivity (Wildman–Crippen MR) is 96.2 cm³/mol. The third-order valence-electron chi connectivity index (χ3n) is 4.98. The SMILES string of the molecule is CC(=O)Nc1ccc(NC(=O)CCN2C(=O)[C@H]3CCCC[C@H]3C2=O)cc1. The van der Waals surface area contributed by atoms with Gasteiger partial charge in [-0.1, -0.05) is 12.8 Å². The molecule has 2 N–H and O–H groups in total. The van der Waals surface area contributed by atoms with Gasteiger partial charge in [0.05, 0.1) is 11.8 Å². The van der Waals surface area contributed by atoms with E-state index >= 15 is 0 Å². The zero-order valence-corrected chi connectivity index (χ0v) is 14.8. The molecule has 0 radical (unpaired) electrons. The number of amides is 4. The molecule has 0 spiro atoms. The van der Waals surface area contributed by atoms with E-state index in [0.717, 1.165) is 25.7 Å². The second kappa shape index (κ2) is 7.68. The number of rotatable bonds is 5. The summed E-state index contributed by atoms with van der Waals surface area (Å²) >= 11 is 0. The van der Waals surface area contributed by atoms with Crippen molar-refractivity contribution in [1.29, 1.82) is 0 Å². The average Bonchev–Trinajstić information content (AvgIpc) is 2.86. The zero-order chi connectivity index (χ0) is 18.7. The van der Waals surface area contributed by atoms with Crippen molar-refractivity contribution in [3.05, 3.63) is 24.3 Å². The molecule has 0 bridgehead atoms. The first-order valence-electron chi connectivity index (χ1n) is 8.98. The van der Waals surface area contributed by atoms with Crippen molar-refractivity contribution in [2.75, 3.05) is 17.2 Å². The molecule has 2 fully saturated rings. The molecule has 7 heteroatoms. The Morgan fingerprint density at radius 2 is 1.46 bits per heavy atom. The number of carbonyl (C=O) groups is 4. The molecule has 1 aliphatic heterocycles. The molecule has 2 atom stereocenters. The molecule has 26 heavy (non-hydrogen) atoms. The number of carbonyl (C=O) groups excluding carboxylic acids is 4. The molecule has 7 nitrogen and oxygen atoms in total. The van der Waals surface area contributed by atoms with Crippen LogP contribution >= 0.6 is 0 Å². The second-order valence-corrected chi connectivity index (χ2v) is 6.88. The Labute approximate surface area is 152 Å². The first-order valence-corrected chi connectivity index (χ1v) is 8.98. The maximum Gasteiger partial charge on any atom is 0.233 e. The summed E-state index contributed by atoms with van der Waals surface area (Å²) in [4.78, 5) is 49.2. The second-order valence-electron chi connectivity index (χ2n) is 6.88. The molecular weight excluding hydrogens is 334 g/mol. The van der Waals surface area contributed by atoms with Crippen molar-refractivity contribution < 1.29 is 19.2 Å². The van der Waals surface area contributed by atoms with Gasteiger partial charge < -0.3 is 10.6 Å². The van der Waals surface area contributed by atoms with Gasteiger partial charge in [0.2, 0.25) is 23.6 Å². The highest BCUT2D eigenvalue weighted by atomic mass is 16.2. The summed E-state index contributed by atoms with van der Waals surface area (Å²) in [6.07, 6.45) is 3.60. The van der Waals surface area contributed by atoms with E-state index < -0.39 is 0 Å². The minimum Gasteiger partial charge on any atom is -0.326 e. The standard InChI is InChI=1S/C19H23N3O4/c1-12(23)20-13-6-8-14(9-7-13)21-17(24)10-11-22-18(25)15-4-2-3-5-16(15)19(22)26/h6-9,15-16H,2-5,10-11H2,1H3,(H,20,23)(H,21,24)/t15-,16+. The summed E-state index contributed by atoms with van der Waals surface area (Å²) in [6, 6.07) is 6.75. The Bertz CT molecular complexity index is 705. The van der Waals surface area contributed by atoms with Gasteiger partial charge in [0, 0.05) is 31.3 Å². The normalized spacial score (nSPS) is 22.1. The molecule has 0 unspecified atom stereocenters. The van der Waals surface area contributed by atoms with E-state index in [1.54, 1.807) is 24.3 Å². The summed E-state index contributed by atoms with van der Waals surface area (Å²) in [7, 11) is 0. The van der Waals surface area contributed by atoms with Crippen LogP contribution in [-0.4, -0.2) is 35.1 Å². The van der Waals surface area contributed by atoms with Crippen LogP contribution in [0, 0.1) is 11.8 Å². The number of hydrogen-bond donors (Lipinski definition) is 2. The largest absolute Gasteiger partial charge is 0.326 e. The van der Waals surface area contributed by atoms with E-state index in [1.807, 2.05) is 0 Å². The third kappa shape index (κ3) is 3.92. The van der Waals surface area contributed by atoms with Crippen LogP contribution in [-0.2, 0) is 19.2 Å². The van der Waals surface area contributed by atoms with Crippen LogP contribution in [0.3, 0.4) is 0 Å². The first-order chi connectivity index (χ1) is 12.5. The molecule has 1 aliphatic carbocycles. The fourth-order valence-corrected chi connectivity index (χ4v) is 3.73. The average molecular weight is 357 g/mol. The van der Waals surface area contributed by atoms with Gasteiger partial charge in [0.25, 0.3) is 0 Å². The summed E-state index contributed by atoms with van der Waals surface area (Å²) in [5.41, 5.74) is 1.24. The van der Waals surface area contributed by atoms with Crippen LogP contribution < -0.4 is 10.6 Å². The maximum atomic E-state index is 12.4. The van der Waals surface area contributed by atoms with Crippen LogP contribution in [0.25, 0.3) is 0 Å². The molecule has 3 rings (SSSR count). The van der Waals surface area contributed by atoms with Crippen LogP contribution in [0.15, 0.2) is 24.3 Å². The number of likely N-dealkylation sites (tertiary alicyclic amines) is 1. The number of imide groups is 1. The molecule has 1 saturated carbocycles. The number of hydrogen-bond acceptors (Lipinski definition) is 4. The van der Waals surface area contributed by atoms with E-state index in [2.05, 4.69) is 10.6 Å². The van der Waals surface area contributed by atoms with Crippen molar-refractivity contribution in [3.8, 4) is 0 Å². The fraction of sp³-hybridized carbons (Fsp3) is 0.474. The van der Waals surface area contributed by atoms with Gasteiger partial charge in [-0.25, -0.2) is 0 Å². The van der Waals surface area contributed by atoms with Crippen molar-refractivity contribution in [2.45, 2.75) is 39.0 Å². The van der Waals surface area contributed by atoms with E-state index in [4.69, 9.17) is 0 Å². The summed E-state index contributed by atoms with van der Waals surface area (Å²) in [6.45, 7) is 1.55. The van der Waals surface area contributed by atoms with Gasteiger partial charge in [-0.2, -0.15) is 0 Å². The highest BCUT2D eigenvalue weighted by Crippen LogP contribution is 2.37. The van der Waals surface area contributed by atoms with Gasteiger partial charge in [0.15, 0.2) is 0 Å². The molecular formula is C19H23N3O4.